The van der Waals surface area contributed by atoms with Gasteiger partial charge in [0.25, 0.3) is 0 Å². The normalized spacial score (nSPS) is 12.1. The van der Waals surface area contributed by atoms with Crippen molar-refractivity contribution in [3.05, 3.63) is 33.5 Å². The van der Waals surface area contributed by atoms with E-state index in [-0.39, 0.29) is 24.2 Å². The minimum atomic E-state index is -0.552. The van der Waals surface area contributed by atoms with E-state index >= 15 is 0 Å². The molecule has 0 fully saturated rings. The van der Waals surface area contributed by atoms with Crippen LogP contribution in [0.25, 0.3) is 0 Å². The molecule has 0 bridgehead atoms. The van der Waals surface area contributed by atoms with Crippen molar-refractivity contribution in [3.8, 4) is 0 Å². The molecule has 0 spiro atoms. The molecule has 2 heterocycles. The number of hydrogen-bond acceptors (Lipinski definition) is 6. The van der Waals surface area contributed by atoms with Crippen molar-refractivity contribution in [1.82, 2.24) is 14.8 Å². The lowest BCUT2D eigenvalue weighted by molar-refractivity contribution is -0.389. The second-order valence-corrected chi connectivity index (χ2v) is 5.21. The fourth-order valence-electron chi connectivity index (χ4n) is 1.62. The highest BCUT2D eigenvalue weighted by atomic mass is 32.1. The second-order valence-electron chi connectivity index (χ2n) is 4.31. The van der Waals surface area contributed by atoms with Crippen molar-refractivity contribution in [3.63, 3.8) is 0 Å². The number of carbonyl (C=O) groups excluding carboxylic acids is 1. The van der Waals surface area contributed by atoms with Crippen LogP contribution in [-0.2, 0) is 11.3 Å². The summed E-state index contributed by atoms with van der Waals surface area (Å²) in [5.41, 5.74) is 0.644. The molecule has 2 aromatic heterocycles. The van der Waals surface area contributed by atoms with Crippen molar-refractivity contribution in [1.29, 1.82) is 0 Å². The van der Waals surface area contributed by atoms with Crippen molar-refractivity contribution in [2.24, 2.45) is 5.92 Å². The molecule has 9 heteroatoms. The molecule has 20 heavy (non-hydrogen) atoms. The lowest BCUT2D eigenvalue weighted by Crippen LogP contribution is -2.25. The summed E-state index contributed by atoms with van der Waals surface area (Å²) in [6.45, 7) is 3.72. The molecule has 1 N–H and O–H groups in total. The fourth-order valence-corrected chi connectivity index (χ4v) is 2.15. The number of nitrogens with zero attached hydrogens (tertiary/aromatic N) is 4. The Bertz CT molecular complexity index is 622. The lowest BCUT2D eigenvalue weighted by atomic mass is 10.1. The minimum absolute atomic E-state index is 0.197. The highest BCUT2D eigenvalue weighted by Gasteiger charge is 2.21. The van der Waals surface area contributed by atoms with Gasteiger partial charge in [-0.15, -0.1) is 11.3 Å². The second kappa shape index (κ2) is 5.78. The van der Waals surface area contributed by atoms with Crippen LogP contribution in [0.1, 0.15) is 12.6 Å². The molecular weight excluding hydrogens is 282 g/mol. The molecule has 1 unspecified atom stereocenters. The molecule has 2 aromatic rings. The third kappa shape index (κ3) is 3.18. The van der Waals surface area contributed by atoms with Crippen LogP contribution in [0, 0.1) is 23.0 Å². The monoisotopic (exact) mass is 295 g/mol. The van der Waals surface area contributed by atoms with Crippen LogP contribution >= 0.6 is 11.3 Å². The van der Waals surface area contributed by atoms with Crippen LogP contribution in [0.3, 0.4) is 0 Å². The smallest absolute Gasteiger partial charge is 0.358 e. The Kier molecular flexibility index (Phi) is 4.08. The lowest BCUT2D eigenvalue weighted by Gasteiger charge is -2.09. The summed E-state index contributed by atoms with van der Waals surface area (Å²) in [6, 6.07) is 1.38. The summed E-state index contributed by atoms with van der Waals surface area (Å²) in [7, 11) is 0. The largest absolute Gasteiger partial charge is 0.390 e. The molecule has 1 atom stereocenters. The number of rotatable bonds is 5. The average molecular weight is 295 g/mol. The first-order valence-electron chi connectivity index (χ1n) is 5.86. The summed E-state index contributed by atoms with van der Waals surface area (Å²) in [5, 5.41) is 19.5. The molecule has 1 amide bonds. The molecule has 0 aliphatic heterocycles. The maximum Gasteiger partial charge on any atom is 0.390 e. The molecule has 8 nitrogen and oxygen atoms in total. The predicted octanol–water partition coefficient (Wildman–Crippen LogP) is 1.83. The maximum absolute atomic E-state index is 11.9. The molecule has 0 radical (unpaired) electrons. The van der Waals surface area contributed by atoms with Gasteiger partial charge in [-0.1, -0.05) is 6.92 Å². The van der Waals surface area contributed by atoms with Crippen molar-refractivity contribution in [2.45, 2.75) is 20.4 Å². The topological polar surface area (TPSA) is 103 Å². The van der Waals surface area contributed by atoms with E-state index in [1.807, 2.05) is 0 Å². The van der Waals surface area contributed by atoms with Gasteiger partial charge in [0.2, 0.25) is 5.91 Å². The Labute approximate surface area is 118 Å². The standard InChI is InChI=1S/C11H13N5O3S/c1-7(10(17)13-11-12-3-4-20-11)6-15-8(2)5-9(14-15)16(18)19/h3-5,7H,6H2,1-2H3,(H,12,13,17). The first-order chi connectivity index (χ1) is 9.47. The highest BCUT2D eigenvalue weighted by molar-refractivity contribution is 7.13. The molecule has 0 aliphatic carbocycles. The van der Waals surface area contributed by atoms with Crippen LogP contribution in [0.2, 0.25) is 0 Å². The summed E-state index contributed by atoms with van der Waals surface area (Å²) in [4.78, 5) is 26.0. The zero-order chi connectivity index (χ0) is 14.7. The Morgan fingerprint density at radius 3 is 2.95 bits per heavy atom. The third-order valence-corrected chi connectivity index (χ3v) is 3.40. The van der Waals surface area contributed by atoms with Gasteiger partial charge in [0.05, 0.1) is 29.3 Å². The Balaban J connectivity index is 2.02. The van der Waals surface area contributed by atoms with Gasteiger partial charge in [-0.3, -0.25) is 4.79 Å². The highest BCUT2D eigenvalue weighted by Crippen LogP contribution is 2.15. The van der Waals surface area contributed by atoms with E-state index < -0.39 is 4.92 Å². The van der Waals surface area contributed by atoms with Gasteiger partial charge in [0.1, 0.15) is 0 Å². The van der Waals surface area contributed by atoms with E-state index in [2.05, 4.69) is 15.4 Å². The van der Waals surface area contributed by atoms with Crippen molar-refractivity contribution in [2.75, 3.05) is 5.32 Å². The summed E-state index contributed by atoms with van der Waals surface area (Å²) < 4.78 is 1.46. The third-order valence-electron chi connectivity index (χ3n) is 2.71. The number of nitrogens with one attached hydrogen (secondary N) is 1. The van der Waals surface area contributed by atoms with Crippen molar-refractivity contribution >= 4 is 28.2 Å². The van der Waals surface area contributed by atoms with Crippen molar-refractivity contribution < 1.29 is 9.72 Å². The Morgan fingerprint density at radius 1 is 1.65 bits per heavy atom. The minimum Gasteiger partial charge on any atom is -0.358 e. The Hall–Kier alpha value is -2.29. The van der Waals surface area contributed by atoms with Gasteiger partial charge in [-0.05, 0) is 11.8 Å². The van der Waals surface area contributed by atoms with Gasteiger partial charge < -0.3 is 15.4 Å². The molecule has 106 valence electrons. The van der Waals surface area contributed by atoms with Gasteiger partial charge in [-0.2, -0.15) is 4.68 Å². The molecule has 0 saturated heterocycles. The van der Waals surface area contributed by atoms with Crippen LogP contribution in [0.15, 0.2) is 17.6 Å². The number of thiazole rings is 1. The van der Waals surface area contributed by atoms with Gasteiger partial charge >= 0.3 is 5.82 Å². The Morgan fingerprint density at radius 2 is 2.40 bits per heavy atom. The molecule has 0 saturated carbocycles. The number of anilines is 1. The van der Waals surface area contributed by atoms with E-state index in [0.717, 1.165) is 0 Å². The number of nitro groups is 1. The SMILES string of the molecule is Cc1cc([N+](=O)[O-])nn1CC(C)C(=O)Nc1nccs1. The molecule has 0 aromatic carbocycles. The molecule has 2 rings (SSSR count). The quantitative estimate of drug-likeness (QED) is 0.669. The first kappa shape index (κ1) is 14.1. The van der Waals surface area contributed by atoms with Crippen LogP contribution in [0.4, 0.5) is 10.9 Å². The fraction of sp³-hybridized carbons (Fsp3) is 0.364. The number of aromatic nitrogens is 3. The number of hydrogen-bond donors (Lipinski definition) is 1. The van der Waals surface area contributed by atoms with Crippen LogP contribution in [-0.4, -0.2) is 25.6 Å². The van der Waals surface area contributed by atoms with E-state index in [9.17, 15) is 14.9 Å². The number of amides is 1. The van der Waals surface area contributed by atoms with Gasteiger partial charge in [0, 0.05) is 11.6 Å². The van der Waals surface area contributed by atoms with Gasteiger partial charge in [-0.25, -0.2) is 4.98 Å². The zero-order valence-corrected chi connectivity index (χ0v) is 11.8. The molecular formula is C11H13N5O3S. The number of carbonyl (C=O) groups is 1. The predicted molar refractivity (Wildman–Crippen MR) is 73.5 cm³/mol. The maximum atomic E-state index is 11.9. The first-order valence-corrected chi connectivity index (χ1v) is 6.74. The van der Waals surface area contributed by atoms with Gasteiger partial charge in [0.15, 0.2) is 5.13 Å². The van der Waals surface area contributed by atoms with E-state index in [1.54, 1.807) is 25.4 Å². The van der Waals surface area contributed by atoms with Crippen LogP contribution < -0.4 is 5.32 Å². The van der Waals surface area contributed by atoms with E-state index in [0.29, 0.717) is 10.8 Å². The van der Waals surface area contributed by atoms with E-state index in [1.165, 1.54) is 22.1 Å². The summed E-state index contributed by atoms with van der Waals surface area (Å²) in [6.07, 6.45) is 1.60. The summed E-state index contributed by atoms with van der Waals surface area (Å²) >= 11 is 1.33. The summed E-state index contributed by atoms with van der Waals surface area (Å²) in [5.74, 6) is -0.787. The average Bonchev–Trinajstić information content (AvgIpc) is 3.00. The molecule has 0 aliphatic rings. The van der Waals surface area contributed by atoms with Crippen LogP contribution in [0.5, 0.6) is 0 Å². The zero-order valence-electron chi connectivity index (χ0n) is 10.9. The van der Waals surface area contributed by atoms with E-state index in [4.69, 9.17) is 0 Å². The number of aryl methyl sites for hydroxylation is 1.